The third kappa shape index (κ3) is 5.62. The summed E-state index contributed by atoms with van der Waals surface area (Å²) in [7, 11) is 1.64. The quantitative estimate of drug-likeness (QED) is 0.409. The summed E-state index contributed by atoms with van der Waals surface area (Å²) in [4.78, 5) is 0. The van der Waals surface area contributed by atoms with Crippen molar-refractivity contribution < 1.29 is 4.74 Å². The molecule has 0 radical (unpaired) electrons. The van der Waals surface area contributed by atoms with E-state index in [1.807, 2.05) is 79.7 Å². The predicted molar refractivity (Wildman–Crippen MR) is 115 cm³/mol. The second-order valence-electron chi connectivity index (χ2n) is 5.89. The minimum absolute atomic E-state index is 0.509. The van der Waals surface area contributed by atoms with Crippen molar-refractivity contribution in [3.05, 3.63) is 78.4 Å². The van der Waals surface area contributed by atoms with Crippen LogP contribution in [0.25, 0.3) is 0 Å². The molecule has 0 spiro atoms. The van der Waals surface area contributed by atoms with Crippen LogP contribution in [-0.4, -0.2) is 12.2 Å². The van der Waals surface area contributed by atoms with Crippen LogP contribution in [0, 0.1) is 6.92 Å². The highest BCUT2D eigenvalue weighted by molar-refractivity contribution is 7.80. The van der Waals surface area contributed by atoms with E-state index in [4.69, 9.17) is 17.0 Å². The summed E-state index contributed by atoms with van der Waals surface area (Å²) in [5.41, 5.74) is 4.55. The lowest BCUT2D eigenvalue weighted by Crippen LogP contribution is -2.18. The number of ether oxygens (including phenoxy) is 1. The molecule has 0 amide bonds. The Morgan fingerprint density at radius 3 is 1.67 bits per heavy atom. The first-order valence-corrected chi connectivity index (χ1v) is 8.84. The van der Waals surface area contributed by atoms with E-state index in [9.17, 15) is 0 Å². The van der Waals surface area contributed by atoms with E-state index in [1.54, 1.807) is 7.11 Å². The molecule has 2 N–H and O–H groups in total. The van der Waals surface area contributed by atoms with Gasteiger partial charge in [-0.25, -0.2) is 0 Å². The average Bonchev–Trinajstić information content (AvgIpc) is 2.69. The van der Waals surface area contributed by atoms with Gasteiger partial charge in [-0.05, 0) is 79.8 Å². The molecule has 0 fully saturated rings. The Labute approximate surface area is 164 Å². The fourth-order valence-corrected chi connectivity index (χ4v) is 2.54. The van der Waals surface area contributed by atoms with Crippen LogP contribution in [0.5, 0.6) is 5.75 Å². The van der Waals surface area contributed by atoms with Crippen LogP contribution in [0.3, 0.4) is 0 Å². The van der Waals surface area contributed by atoms with E-state index >= 15 is 0 Å². The highest BCUT2D eigenvalue weighted by atomic mass is 32.1. The molecule has 0 atom stereocenters. The van der Waals surface area contributed by atoms with Gasteiger partial charge in [-0.2, -0.15) is 10.2 Å². The number of methoxy groups -OCH3 is 1. The number of anilines is 2. The molecule has 0 aliphatic rings. The van der Waals surface area contributed by atoms with Gasteiger partial charge >= 0.3 is 0 Å². The number of hydrogen-bond donors (Lipinski definition) is 2. The lowest BCUT2D eigenvalue weighted by Gasteiger charge is -2.11. The van der Waals surface area contributed by atoms with E-state index < -0.39 is 0 Å². The predicted octanol–water partition coefficient (Wildman–Crippen LogP) is 6.23. The van der Waals surface area contributed by atoms with Crippen molar-refractivity contribution >= 4 is 40.1 Å². The zero-order chi connectivity index (χ0) is 19.1. The zero-order valence-electron chi connectivity index (χ0n) is 15.1. The molecule has 5 nitrogen and oxygen atoms in total. The summed E-state index contributed by atoms with van der Waals surface area (Å²) in [6, 6.07) is 23.1. The minimum Gasteiger partial charge on any atom is -0.497 e. The molecular weight excluding hydrogens is 356 g/mol. The van der Waals surface area contributed by atoms with Crippen molar-refractivity contribution in [3.63, 3.8) is 0 Å². The largest absolute Gasteiger partial charge is 0.497 e. The normalized spacial score (nSPS) is 10.6. The fourth-order valence-electron chi connectivity index (χ4n) is 2.31. The van der Waals surface area contributed by atoms with E-state index in [-0.39, 0.29) is 0 Å². The van der Waals surface area contributed by atoms with Crippen LogP contribution in [0.1, 0.15) is 5.56 Å². The molecule has 3 aromatic rings. The van der Waals surface area contributed by atoms with Gasteiger partial charge in [0.25, 0.3) is 0 Å². The Balaban J connectivity index is 1.56. The highest BCUT2D eigenvalue weighted by Crippen LogP contribution is 2.21. The molecular formula is C21H20N4OS. The molecule has 27 heavy (non-hydrogen) atoms. The molecule has 0 saturated heterocycles. The van der Waals surface area contributed by atoms with E-state index in [0.29, 0.717) is 5.11 Å². The second-order valence-corrected chi connectivity index (χ2v) is 6.30. The molecule has 0 aliphatic heterocycles. The Kier molecular flexibility index (Phi) is 6.12. The Hall–Kier alpha value is -3.25. The fraction of sp³-hybridized carbons (Fsp3) is 0.0952. The summed E-state index contributed by atoms with van der Waals surface area (Å²) in [5, 5.41) is 15.3. The summed E-state index contributed by atoms with van der Waals surface area (Å²) >= 11 is 5.34. The van der Waals surface area contributed by atoms with E-state index in [0.717, 1.165) is 28.5 Å². The van der Waals surface area contributed by atoms with Crippen molar-refractivity contribution in [2.24, 2.45) is 10.2 Å². The van der Waals surface area contributed by atoms with Gasteiger partial charge < -0.3 is 15.4 Å². The zero-order valence-corrected chi connectivity index (χ0v) is 16.0. The maximum atomic E-state index is 5.34. The number of rotatable bonds is 5. The van der Waals surface area contributed by atoms with Gasteiger partial charge in [-0.1, -0.05) is 17.7 Å². The molecule has 136 valence electrons. The lowest BCUT2D eigenvalue weighted by atomic mass is 10.2. The topological polar surface area (TPSA) is 58.0 Å². The van der Waals surface area contributed by atoms with E-state index in [1.165, 1.54) is 5.56 Å². The number of hydrogen-bond acceptors (Lipinski definition) is 4. The van der Waals surface area contributed by atoms with Crippen molar-refractivity contribution in [3.8, 4) is 5.75 Å². The van der Waals surface area contributed by atoms with E-state index in [2.05, 4.69) is 20.9 Å². The SMILES string of the molecule is COc1ccc(NC(=S)Nc2ccc(N=Nc3ccc(C)cc3)cc2)cc1. The van der Waals surface area contributed by atoms with Crippen molar-refractivity contribution in [1.29, 1.82) is 0 Å². The highest BCUT2D eigenvalue weighted by Gasteiger charge is 2.00. The summed E-state index contributed by atoms with van der Waals surface area (Å²) in [5.74, 6) is 0.801. The Bertz CT molecular complexity index is 920. The standard InChI is InChI=1S/C21H20N4OS/c1-15-3-5-18(6-4-15)24-25-19-9-7-16(8-10-19)22-21(27)23-17-11-13-20(26-2)14-12-17/h3-14H,1-2H3,(H2,22,23,27). The average molecular weight is 376 g/mol. The summed E-state index contributed by atoms with van der Waals surface area (Å²) < 4.78 is 5.14. The van der Waals surface area contributed by atoms with Crippen molar-refractivity contribution in [1.82, 2.24) is 0 Å². The molecule has 3 rings (SSSR count). The Morgan fingerprint density at radius 2 is 1.19 bits per heavy atom. The van der Waals surface area contributed by atoms with Gasteiger partial charge in [0.2, 0.25) is 0 Å². The van der Waals surface area contributed by atoms with Crippen LogP contribution in [0.4, 0.5) is 22.7 Å². The minimum atomic E-state index is 0.509. The molecule has 0 unspecified atom stereocenters. The van der Waals surface area contributed by atoms with Gasteiger partial charge in [-0.15, -0.1) is 0 Å². The smallest absolute Gasteiger partial charge is 0.175 e. The van der Waals surface area contributed by atoms with Crippen LogP contribution in [0.2, 0.25) is 0 Å². The van der Waals surface area contributed by atoms with Gasteiger partial charge in [0.1, 0.15) is 5.75 Å². The third-order valence-corrected chi connectivity index (χ3v) is 3.99. The Morgan fingerprint density at radius 1 is 0.741 bits per heavy atom. The van der Waals surface area contributed by atoms with Gasteiger partial charge in [0, 0.05) is 11.4 Å². The number of aryl methyl sites for hydroxylation is 1. The van der Waals surface area contributed by atoms with Gasteiger partial charge in [0.05, 0.1) is 18.5 Å². The molecule has 6 heteroatoms. The molecule has 0 bridgehead atoms. The second kappa shape index (κ2) is 8.91. The number of azo groups is 1. The van der Waals surface area contributed by atoms with Crippen LogP contribution >= 0.6 is 12.2 Å². The molecule has 0 aromatic heterocycles. The number of benzene rings is 3. The van der Waals surface area contributed by atoms with Crippen LogP contribution in [0.15, 0.2) is 83.0 Å². The summed E-state index contributed by atoms with van der Waals surface area (Å²) in [6.07, 6.45) is 0. The number of thiocarbonyl (C=S) groups is 1. The molecule has 0 saturated carbocycles. The summed E-state index contributed by atoms with van der Waals surface area (Å²) in [6.45, 7) is 2.04. The third-order valence-electron chi connectivity index (χ3n) is 3.79. The van der Waals surface area contributed by atoms with Crippen molar-refractivity contribution in [2.75, 3.05) is 17.7 Å². The maximum absolute atomic E-state index is 5.34. The molecule has 0 heterocycles. The van der Waals surface area contributed by atoms with Crippen LogP contribution < -0.4 is 15.4 Å². The number of nitrogens with zero attached hydrogens (tertiary/aromatic N) is 2. The van der Waals surface area contributed by atoms with Gasteiger partial charge in [-0.3, -0.25) is 0 Å². The van der Waals surface area contributed by atoms with Crippen molar-refractivity contribution in [2.45, 2.75) is 6.92 Å². The lowest BCUT2D eigenvalue weighted by molar-refractivity contribution is 0.415. The monoisotopic (exact) mass is 376 g/mol. The van der Waals surface area contributed by atoms with Gasteiger partial charge in [0.15, 0.2) is 5.11 Å². The molecule has 3 aromatic carbocycles. The first-order chi connectivity index (χ1) is 13.1. The number of nitrogens with one attached hydrogen (secondary N) is 2. The maximum Gasteiger partial charge on any atom is 0.175 e. The van der Waals surface area contributed by atoms with Crippen LogP contribution in [-0.2, 0) is 0 Å². The first kappa shape index (κ1) is 18.5. The molecule has 0 aliphatic carbocycles. The first-order valence-electron chi connectivity index (χ1n) is 8.43.